The lowest BCUT2D eigenvalue weighted by Gasteiger charge is -2.16. The summed E-state index contributed by atoms with van der Waals surface area (Å²) in [6.45, 7) is 2.06. The molecule has 0 saturated carbocycles. The van der Waals surface area contributed by atoms with E-state index in [1.165, 1.54) is 4.88 Å². The van der Waals surface area contributed by atoms with Crippen LogP contribution in [0.15, 0.2) is 23.6 Å². The van der Waals surface area contributed by atoms with E-state index in [1.54, 1.807) is 25.6 Å². The third-order valence-corrected chi connectivity index (χ3v) is 4.19. The SMILES string of the molecule is COc1cc(C(N)c2ccsc2C)cc(Cl)c1OC. The zero-order valence-corrected chi connectivity index (χ0v) is 12.6. The van der Waals surface area contributed by atoms with Gasteiger partial charge in [0, 0.05) is 4.88 Å². The summed E-state index contributed by atoms with van der Waals surface area (Å²) in [5.41, 5.74) is 8.31. The van der Waals surface area contributed by atoms with Crippen molar-refractivity contribution in [2.45, 2.75) is 13.0 Å². The molecule has 19 heavy (non-hydrogen) atoms. The molecule has 1 aromatic carbocycles. The van der Waals surface area contributed by atoms with Gasteiger partial charge in [0.15, 0.2) is 11.5 Å². The smallest absolute Gasteiger partial charge is 0.179 e. The average Bonchev–Trinajstić information content (AvgIpc) is 2.83. The highest BCUT2D eigenvalue weighted by Gasteiger charge is 2.17. The third-order valence-electron chi connectivity index (χ3n) is 3.05. The predicted octanol–water partition coefficient (Wildman–Crippen LogP) is 3.78. The molecule has 0 radical (unpaired) electrons. The molecule has 0 bridgehead atoms. The summed E-state index contributed by atoms with van der Waals surface area (Å²) in [5.74, 6) is 1.12. The maximum Gasteiger partial charge on any atom is 0.179 e. The second-order valence-corrected chi connectivity index (χ2v) is 5.68. The topological polar surface area (TPSA) is 44.5 Å². The van der Waals surface area contributed by atoms with E-state index in [9.17, 15) is 0 Å². The largest absolute Gasteiger partial charge is 0.493 e. The second-order valence-electron chi connectivity index (χ2n) is 4.15. The molecule has 1 heterocycles. The zero-order valence-electron chi connectivity index (χ0n) is 11.1. The molecule has 1 atom stereocenters. The van der Waals surface area contributed by atoms with Gasteiger partial charge in [-0.3, -0.25) is 0 Å². The third kappa shape index (κ3) is 2.71. The van der Waals surface area contributed by atoms with Crippen molar-refractivity contribution < 1.29 is 9.47 Å². The molecule has 2 rings (SSSR count). The Balaban J connectivity index is 2.46. The second kappa shape index (κ2) is 5.82. The van der Waals surface area contributed by atoms with Gasteiger partial charge in [0.25, 0.3) is 0 Å². The molecule has 0 saturated heterocycles. The Hall–Kier alpha value is -1.23. The van der Waals surface area contributed by atoms with Crippen molar-refractivity contribution in [2.75, 3.05) is 14.2 Å². The van der Waals surface area contributed by atoms with Gasteiger partial charge in [0.05, 0.1) is 25.3 Å². The number of rotatable bonds is 4. The van der Waals surface area contributed by atoms with E-state index in [-0.39, 0.29) is 6.04 Å². The zero-order chi connectivity index (χ0) is 14.0. The molecule has 102 valence electrons. The van der Waals surface area contributed by atoms with Gasteiger partial charge >= 0.3 is 0 Å². The Morgan fingerprint density at radius 1 is 1.26 bits per heavy atom. The highest BCUT2D eigenvalue weighted by Crippen LogP contribution is 2.39. The van der Waals surface area contributed by atoms with Gasteiger partial charge in [-0.15, -0.1) is 11.3 Å². The minimum atomic E-state index is -0.219. The molecule has 0 aliphatic carbocycles. The van der Waals surface area contributed by atoms with Gasteiger partial charge in [0.2, 0.25) is 0 Å². The highest BCUT2D eigenvalue weighted by atomic mass is 35.5. The first-order valence-corrected chi connectivity index (χ1v) is 7.05. The van der Waals surface area contributed by atoms with Gasteiger partial charge in [-0.25, -0.2) is 0 Å². The van der Waals surface area contributed by atoms with E-state index in [2.05, 4.69) is 6.92 Å². The van der Waals surface area contributed by atoms with Crippen molar-refractivity contribution in [1.82, 2.24) is 0 Å². The minimum Gasteiger partial charge on any atom is -0.493 e. The lowest BCUT2D eigenvalue weighted by atomic mass is 10.00. The summed E-state index contributed by atoms with van der Waals surface area (Å²) < 4.78 is 10.5. The molecule has 0 fully saturated rings. The highest BCUT2D eigenvalue weighted by molar-refractivity contribution is 7.10. The van der Waals surface area contributed by atoms with Crippen LogP contribution in [-0.4, -0.2) is 14.2 Å². The van der Waals surface area contributed by atoms with Gasteiger partial charge in [-0.2, -0.15) is 0 Å². The number of hydrogen-bond donors (Lipinski definition) is 1. The molecule has 1 aromatic heterocycles. The van der Waals surface area contributed by atoms with E-state index in [1.807, 2.05) is 23.6 Å². The molecule has 0 aliphatic rings. The quantitative estimate of drug-likeness (QED) is 0.934. The lowest BCUT2D eigenvalue weighted by Crippen LogP contribution is -2.12. The van der Waals surface area contributed by atoms with Crippen LogP contribution in [0.1, 0.15) is 22.0 Å². The molecular formula is C14H16ClNO2S. The van der Waals surface area contributed by atoms with Crippen LogP contribution in [-0.2, 0) is 0 Å². The number of halogens is 1. The number of aryl methyl sites for hydroxylation is 1. The molecular weight excluding hydrogens is 282 g/mol. The first kappa shape index (κ1) is 14.2. The van der Waals surface area contributed by atoms with Crippen LogP contribution in [0.4, 0.5) is 0 Å². The molecule has 2 aromatic rings. The monoisotopic (exact) mass is 297 g/mol. The van der Waals surface area contributed by atoms with E-state index < -0.39 is 0 Å². The van der Waals surface area contributed by atoms with Crippen LogP contribution in [0.5, 0.6) is 11.5 Å². The summed E-state index contributed by atoms with van der Waals surface area (Å²) in [5, 5.41) is 2.53. The fourth-order valence-electron chi connectivity index (χ4n) is 2.01. The average molecular weight is 298 g/mol. The minimum absolute atomic E-state index is 0.219. The summed E-state index contributed by atoms with van der Waals surface area (Å²) >= 11 is 7.88. The van der Waals surface area contributed by atoms with Crippen molar-refractivity contribution in [3.63, 3.8) is 0 Å². The van der Waals surface area contributed by atoms with Crippen molar-refractivity contribution in [3.8, 4) is 11.5 Å². The fraction of sp³-hybridized carbons (Fsp3) is 0.286. The van der Waals surface area contributed by atoms with Crippen LogP contribution in [0.25, 0.3) is 0 Å². The van der Waals surface area contributed by atoms with Crippen LogP contribution in [0.3, 0.4) is 0 Å². The number of methoxy groups -OCH3 is 2. The maximum absolute atomic E-state index is 6.30. The Morgan fingerprint density at radius 2 is 2.00 bits per heavy atom. The van der Waals surface area contributed by atoms with Gasteiger partial charge in [-0.1, -0.05) is 11.6 Å². The number of thiophene rings is 1. The van der Waals surface area contributed by atoms with E-state index >= 15 is 0 Å². The maximum atomic E-state index is 6.30. The van der Waals surface area contributed by atoms with Crippen LogP contribution in [0.2, 0.25) is 5.02 Å². The first-order chi connectivity index (χ1) is 9.08. The Kier molecular flexibility index (Phi) is 4.34. The summed E-state index contributed by atoms with van der Waals surface area (Å²) in [6.07, 6.45) is 0. The summed E-state index contributed by atoms with van der Waals surface area (Å²) in [7, 11) is 3.14. The van der Waals surface area contributed by atoms with Gasteiger partial charge in [-0.05, 0) is 41.6 Å². The standard InChI is InChI=1S/C14H16ClNO2S/c1-8-10(4-5-19-8)13(16)9-6-11(15)14(18-3)12(7-9)17-2/h4-7,13H,16H2,1-3H3. The Bertz CT molecular complexity index is 583. The van der Waals surface area contributed by atoms with E-state index in [0.29, 0.717) is 16.5 Å². The summed E-state index contributed by atoms with van der Waals surface area (Å²) in [4.78, 5) is 1.21. The van der Waals surface area contributed by atoms with Crippen molar-refractivity contribution in [1.29, 1.82) is 0 Å². The first-order valence-electron chi connectivity index (χ1n) is 5.79. The van der Waals surface area contributed by atoms with Gasteiger partial charge in [0.1, 0.15) is 0 Å². The Labute approximate surface area is 121 Å². The van der Waals surface area contributed by atoms with Crippen molar-refractivity contribution in [2.24, 2.45) is 5.73 Å². The normalized spacial score (nSPS) is 12.3. The number of nitrogens with two attached hydrogens (primary N) is 1. The molecule has 3 nitrogen and oxygen atoms in total. The van der Waals surface area contributed by atoms with Crippen LogP contribution in [0, 0.1) is 6.92 Å². The lowest BCUT2D eigenvalue weighted by molar-refractivity contribution is 0.354. The van der Waals surface area contributed by atoms with E-state index in [0.717, 1.165) is 11.1 Å². The molecule has 5 heteroatoms. The van der Waals surface area contributed by atoms with E-state index in [4.69, 9.17) is 26.8 Å². The molecule has 0 amide bonds. The predicted molar refractivity (Wildman–Crippen MR) is 79.6 cm³/mol. The van der Waals surface area contributed by atoms with Gasteiger partial charge < -0.3 is 15.2 Å². The molecule has 0 spiro atoms. The number of hydrogen-bond acceptors (Lipinski definition) is 4. The molecule has 0 aliphatic heterocycles. The molecule has 1 unspecified atom stereocenters. The fourth-order valence-corrected chi connectivity index (χ4v) is 3.06. The van der Waals surface area contributed by atoms with Crippen LogP contribution < -0.4 is 15.2 Å². The van der Waals surface area contributed by atoms with Crippen molar-refractivity contribution >= 4 is 22.9 Å². The number of ether oxygens (including phenoxy) is 2. The van der Waals surface area contributed by atoms with Crippen LogP contribution >= 0.6 is 22.9 Å². The summed E-state index contributed by atoms with van der Waals surface area (Å²) in [6, 6.07) is 5.51. The number of benzene rings is 1. The molecule has 2 N–H and O–H groups in total. The van der Waals surface area contributed by atoms with Crippen molar-refractivity contribution in [3.05, 3.63) is 44.6 Å². The Morgan fingerprint density at radius 3 is 2.53 bits per heavy atom.